The average molecular weight is 328 g/mol. The molecule has 5 heteroatoms. The largest absolute Gasteiger partial charge is 0.380 e. The van der Waals surface area contributed by atoms with E-state index in [2.05, 4.69) is 15.6 Å². The number of nitrogens with zero attached hydrogens (tertiary/aromatic N) is 2. The smallest absolute Gasteiger partial charge is 0.274 e. The van der Waals surface area contributed by atoms with Crippen molar-refractivity contribution in [3.63, 3.8) is 0 Å². The van der Waals surface area contributed by atoms with Gasteiger partial charge in [-0.2, -0.15) is 5.26 Å². The first-order chi connectivity index (χ1) is 12.3. The van der Waals surface area contributed by atoms with Crippen LogP contribution in [0.1, 0.15) is 21.6 Å². The van der Waals surface area contributed by atoms with E-state index in [1.807, 2.05) is 36.4 Å². The van der Waals surface area contributed by atoms with E-state index in [4.69, 9.17) is 5.26 Å². The van der Waals surface area contributed by atoms with Crippen molar-refractivity contribution >= 4 is 17.3 Å². The molecule has 0 saturated carbocycles. The number of carbonyl (C=O) groups excluding carboxylic acids is 1. The molecule has 1 amide bonds. The van der Waals surface area contributed by atoms with E-state index in [9.17, 15) is 4.79 Å². The fraction of sp³-hybridized carbons (Fsp3) is 0.0500. The van der Waals surface area contributed by atoms with Crippen LogP contribution in [0.25, 0.3) is 0 Å². The Morgan fingerprint density at radius 1 is 1.00 bits per heavy atom. The maximum atomic E-state index is 12.3. The van der Waals surface area contributed by atoms with Gasteiger partial charge in [0.15, 0.2) is 0 Å². The molecule has 1 aromatic heterocycles. The molecule has 3 aromatic rings. The summed E-state index contributed by atoms with van der Waals surface area (Å²) in [5.41, 5.74) is 3.17. The zero-order valence-corrected chi connectivity index (χ0v) is 13.4. The van der Waals surface area contributed by atoms with E-state index < -0.39 is 0 Å². The molecule has 25 heavy (non-hydrogen) atoms. The standard InChI is InChI=1S/C20H16N4O/c21-12-16-8-4-5-9-18(16)24-20(25)19-11-10-17(14-23-19)22-13-15-6-2-1-3-7-15/h1-11,14,22H,13H2,(H,24,25). The lowest BCUT2D eigenvalue weighted by atomic mass is 10.2. The van der Waals surface area contributed by atoms with E-state index in [0.717, 1.165) is 11.3 Å². The van der Waals surface area contributed by atoms with Gasteiger partial charge in [-0.15, -0.1) is 0 Å². The molecule has 3 rings (SSSR count). The Labute approximate surface area is 146 Å². The molecule has 0 aliphatic heterocycles. The lowest BCUT2D eigenvalue weighted by molar-refractivity contribution is 0.102. The highest BCUT2D eigenvalue weighted by Crippen LogP contribution is 2.15. The summed E-state index contributed by atoms with van der Waals surface area (Å²) < 4.78 is 0. The summed E-state index contributed by atoms with van der Waals surface area (Å²) in [7, 11) is 0. The van der Waals surface area contributed by atoms with Gasteiger partial charge < -0.3 is 10.6 Å². The van der Waals surface area contributed by atoms with Crippen LogP contribution in [0.2, 0.25) is 0 Å². The molecule has 0 bridgehead atoms. The van der Waals surface area contributed by atoms with E-state index in [0.29, 0.717) is 17.8 Å². The molecule has 0 saturated heterocycles. The Morgan fingerprint density at radius 3 is 2.48 bits per heavy atom. The van der Waals surface area contributed by atoms with Gasteiger partial charge in [-0.05, 0) is 29.8 Å². The van der Waals surface area contributed by atoms with Crippen LogP contribution in [0.15, 0.2) is 72.9 Å². The molecular weight excluding hydrogens is 312 g/mol. The van der Waals surface area contributed by atoms with Crippen molar-refractivity contribution in [2.75, 3.05) is 10.6 Å². The zero-order valence-electron chi connectivity index (χ0n) is 13.4. The van der Waals surface area contributed by atoms with Crippen molar-refractivity contribution in [2.45, 2.75) is 6.54 Å². The molecule has 0 aliphatic carbocycles. The number of rotatable bonds is 5. The van der Waals surface area contributed by atoms with Gasteiger partial charge in [-0.3, -0.25) is 4.79 Å². The molecule has 0 spiro atoms. The summed E-state index contributed by atoms with van der Waals surface area (Å²) in [5.74, 6) is -0.350. The SMILES string of the molecule is N#Cc1ccccc1NC(=O)c1ccc(NCc2ccccc2)cn1. The fourth-order valence-corrected chi connectivity index (χ4v) is 2.31. The highest BCUT2D eigenvalue weighted by atomic mass is 16.1. The van der Waals surface area contributed by atoms with Gasteiger partial charge in [0.25, 0.3) is 5.91 Å². The molecule has 2 N–H and O–H groups in total. The van der Waals surface area contributed by atoms with Crippen molar-refractivity contribution < 1.29 is 4.79 Å². The van der Waals surface area contributed by atoms with Gasteiger partial charge in [-0.1, -0.05) is 42.5 Å². The molecule has 0 aliphatic rings. The molecule has 0 unspecified atom stereocenters. The Hall–Kier alpha value is -3.65. The summed E-state index contributed by atoms with van der Waals surface area (Å²) in [6.45, 7) is 0.684. The van der Waals surface area contributed by atoms with Crippen LogP contribution in [0.5, 0.6) is 0 Å². The highest BCUT2D eigenvalue weighted by Gasteiger charge is 2.10. The Morgan fingerprint density at radius 2 is 1.76 bits per heavy atom. The van der Waals surface area contributed by atoms with Gasteiger partial charge in [-0.25, -0.2) is 4.98 Å². The summed E-state index contributed by atoms with van der Waals surface area (Å²) in [6.07, 6.45) is 1.62. The van der Waals surface area contributed by atoms with Crippen LogP contribution in [0.4, 0.5) is 11.4 Å². The Bertz CT molecular complexity index is 899. The third kappa shape index (κ3) is 4.21. The van der Waals surface area contributed by atoms with Gasteiger partial charge in [0.1, 0.15) is 11.8 Å². The third-order valence-electron chi connectivity index (χ3n) is 3.63. The Kier molecular flexibility index (Phi) is 5.03. The minimum Gasteiger partial charge on any atom is -0.380 e. The summed E-state index contributed by atoms with van der Waals surface area (Å²) in [6, 6.07) is 22.4. The minimum atomic E-state index is -0.350. The number of hydrogen-bond acceptors (Lipinski definition) is 4. The van der Waals surface area contributed by atoms with Gasteiger partial charge >= 0.3 is 0 Å². The first kappa shape index (κ1) is 16.2. The van der Waals surface area contributed by atoms with Crippen molar-refractivity contribution in [3.8, 4) is 6.07 Å². The van der Waals surface area contributed by atoms with Gasteiger partial charge in [0, 0.05) is 6.54 Å². The number of anilines is 2. The number of nitriles is 1. The third-order valence-corrected chi connectivity index (χ3v) is 3.63. The number of para-hydroxylation sites is 1. The second-order valence-corrected chi connectivity index (χ2v) is 5.38. The molecular formula is C20H16N4O. The minimum absolute atomic E-state index is 0.290. The number of pyridine rings is 1. The van der Waals surface area contributed by atoms with Gasteiger partial charge in [0.05, 0.1) is 23.1 Å². The van der Waals surface area contributed by atoms with Crippen molar-refractivity contribution in [1.29, 1.82) is 5.26 Å². The molecule has 2 aromatic carbocycles. The first-order valence-corrected chi connectivity index (χ1v) is 7.80. The number of benzene rings is 2. The van der Waals surface area contributed by atoms with Crippen molar-refractivity contribution in [3.05, 3.63) is 89.7 Å². The summed E-state index contributed by atoms with van der Waals surface area (Å²) in [5, 5.41) is 15.0. The van der Waals surface area contributed by atoms with E-state index in [-0.39, 0.29) is 11.6 Å². The van der Waals surface area contributed by atoms with E-state index in [1.165, 1.54) is 0 Å². The maximum absolute atomic E-state index is 12.3. The fourth-order valence-electron chi connectivity index (χ4n) is 2.31. The summed E-state index contributed by atoms with van der Waals surface area (Å²) >= 11 is 0. The molecule has 1 heterocycles. The average Bonchev–Trinajstić information content (AvgIpc) is 2.68. The van der Waals surface area contributed by atoms with Crippen LogP contribution in [0.3, 0.4) is 0 Å². The predicted octanol–water partition coefficient (Wildman–Crippen LogP) is 3.82. The molecule has 122 valence electrons. The van der Waals surface area contributed by atoms with Crippen LogP contribution in [-0.4, -0.2) is 10.9 Å². The summed E-state index contributed by atoms with van der Waals surface area (Å²) in [4.78, 5) is 16.5. The molecule has 0 atom stereocenters. The Balaban J connectivity index is 1.63. The van der Waals surface area contributed by atoms with Crippen LogP contribution < -0.4 is 10.6 Å². The highest BCUT2D eigenvalue weighted by molar-refractivity contribution is 6.03. The van der Waals surface area contributed by atoms with E-state index in [1.54, 1.807) is 42.6 Å². The van der Waals surface area contributed by atoms with Crippen LogP contribution in [0, 0.1) is 11.3 Å². The quantitative estimate of drug-likeness (QED) is 0.746. The second-order valence-electron chi connectivity index (χ2n) is 5.38. The first-order valence-electron chi connectivity index (χ1n) is 7.80. The van der Waals surface area contributed by atoms with Gasteiger partial charge in [0.2, 0.25) is 0 Å². The topological polar surface area (TPSA) is 77.8 Å². The molecule has 0 radical (unpaired) electrons. The molecule has 0 fully saturated rings. The number of nitrogens with one attached hydrogen (secondary N) is 2. The number of carbonyl (C=O) groups is 1. The normalized spacial score (nSPS) is 9.88. The van der Waals surface area contributed by atoms with Crippen molar-refractivity contribution in [1.82, 2.24) is 4.98 Å². The second kappa shape index (κ2) is 7.75. The predicted molar refractivity (Wildman–Crippen MR) is 97.1 cm³/mol. The number of aromatic nitrogens is 1. The lowest BCUT2D eigenvalue weighted by Crippen LogP contribution is -2.14. The van der Waals surface area contributed by atoms with Crippen molar-refractivity contribution in [2.24, 2.45) is 0 Å². The number of hydrogen-bond donors (Lipinski definition) is 2. The van der Waals surface area contributed by atoms with E-state index >= 15 is 0 Å². The van der Waals surface area contributed by atoms with Crippen LogP contribution in [-0.2, 0) is 6.54 Å². The monoisotopic (exact) mass is 328 g/mol. The number of amides is 1. The lowest BCUT2D eigenvalue weighted by Gasteiger charge is -2.08. The van der Waals surface area contributed by atoms with Crippen LogP contribution >= 0.6 is 0 Å². The maximum Gasteiger partial charge on any atom is 0.274 e. The zero-order chi connectivity index (χ0) is 17.5. The molecule has 5 nitrogen and oxygen atoms in total.